The first kappa shape index (κ1) is 16.6. The monoisotopic (exact) mass is 338 g/mol. The lowest BCUT2D eigenvalue weighted by Crippen LogP contribution is -2.35. The third-order valence-electron chi connectivity index (χ3n) is 3.65. The minimum Gasteiger partial charge on any atom is -0.467 e. The molecule has 1 atom stereocenters. The van der Waals surface area contributed by atoms with Gasteiger partial charge < -0.3 is 19.0 Å². The van der Waals surface area contributed by atoms with Gasteiger partial charge in [0.25, 0.3) is 5.91 Å². The molecule has 0 fully saturated rings. The summed E-state index contributed by atoms with van der Waals surface area (Å²) in [6.07, 6.45) is 4.39. The number of rotatable bonds is 6. The maximum atomic E-state index is 12.3. The van der Waals surface area contributed by atoms with Crippen LogP contribution in [0.5, 0.6) is 0 Å². The molecule has 2 heterocycles. The average molecular weight is 338 g/mol. The normalized spacial score (nSPS) is 11.7. The highest BCUT2D eigenvalue weighted by atomic mass is 16.5. The lowest BCUT2D eigenvalue weighted by Gasteiger charge is -2.13. The molecular formula is C19H18N2O4. The molecule has 25 heavy (non-hydrogen) atoms. The van der Waals surface area contributed by atoms with Gasteiger partial charge in [-0.3, -0.25) is 4.79 Å². The number of esters is 1. The van der Waals surface area contributed by atoms with Crippen LogP contribution in [-0.4, -0.2) is 22.5 Å². The standard InChI is InChI=1S/C19H18N2O4/c1-14(18(22)20-13-17-8-5-11-24-17)25-19(23)15-6-4-7-16(12-15)21-9-2-3-10-21/h2-12,14H,13H2,1H3,(H,20,22). The van der Waals surface area contributed by atoms with Crippen molar-refractivity contribution in [3.63, 3.8) is 0 Å². The summed E-state index contributed by atoms with van der Waals surface area (Å²) in [6, 6.07) is 14.3. The van der Waals surface area contributed by atoms with Crippen molar-refractivity contribution >= 4 is 11.9 Å². The molecule has 6 heteroatoms. The summed E-state index contributed by atoms with van der Waals surface area (Å²) < 4.78 is 12.3. The van der Waals surface area contributed by atoms with Crippen molar-refractivity contribution in [3.05, 3.63) is 78.5 Å². The minimum atomic E-state index is -0.905. The van der Waals surface area contributed by atoms with Gasteiger partial charge in [0.2, 0.25) is 0 Å². The first-order valence-corrected chi connectivity index (χ1v) is 7.88. The van der Waals surface area contributed by atoms with Crippen LogP contribution in [0.1, 0.15) is 23.0 Å². The van der Waals surface area contributed by atoms with Gasteiger partial charge in [-0.15, -0.1) is 0 Å². The fraction of sp³-hybridized carbons (Fsp3) is 0.158. The van der Waals surface area contributed by atoms with E-state index in [1.165, 1.54) is 13.2 Å². The van der Waals surface area contributed by atoms with Crippen LogP contribution in [0.15, 0.2) is 71.6 Å². The van der Waals surface area contributed by atoms with Crippen molar-refractivity contribution < 1.29 is 18.7 Å². The fourth-order valence-corrected chi connectivity index (χ4v) is 2.31. The first-order valence-electron chi connectivity index (χ1n) is 7.88. The Morgan fingerprint density at radius 1 is 1.16 bits per heavy atom. The molecule has 1 N–H and O–H groups in total. The zero-order valence-corrected chi connectivity index (χ0v) is 13.7. The lowest BCUT2D eigenvalue weighted by atomic mass is 10.2. The quantitative estimate of drug-likeness (QED) is 0.701. The average Bonchev–Trinajstić information content (AvgIpc) is 3.33. The summed E-state index contributed by atoms with van der Waals surface area (Å²) in [5.74, 6) is -0.299. The number of nitrogens with one attached hydrogen (secondary N) is 1. The van der Waals surface area contributed by atoms with Crippen molar-refractivity contribution in [2.75, 3.05) is 0 Å². The van der Waals surface area contributed by atoms with Gasteiger partial charge in [-0.05, 0) is 49.4 Å². The van der Waals surface area contributed by atoms with Crippen molar-refractivity contribution in [2.24, 2.45) is 0 Å². The van der Waals surface area contributed by atoms with E-state index in [-0.39, 0.29) is 12.5 Å². The second-order valence-electron chi connectivity index (χ2n) is 5.49. The van der Waals surface area contributed by atoms with Crippen molar-refractivity contribution in [1.29, 1.82) is 0 Å². The second-order valence-corrected chi connectivity index (χ2v) is 5.49. The molecule has 0 aliphatic carbocycles. The Balaban J connectivity index is 1.59. The third kappa shape index (κ3) is 4.17. The zero-order valence-electron chi connectivity index (χ0n) is 13.7. The Labute approximate surface area is 145 Å². The van der Waals surface area contributed by atoms with Gasteiger partial charge in [0.05, 0.1) is 18.4 Å². The van der Waals surface area contributed by atoms with Crippen molar-refractivity contribution in [1.82, 2.24) is 9.88 Å². The molecule has 3 aromatic rings. The molecule has 6 nitrogen and oxygen atoms in total. The fourth-order valence-electron chi connectivity index (χ4n) is 2.31. The van der Waals surface area contributed by atoms with Crippen LogP contribution >= 0.6 is 0 Å². The molecule has 0 radical (unpaired) electrons. The minimum absolute atomic E-state index is 0.247. The van der Waals surface area contributed by atoms with Crippen LogP contribution in [0.2, 0.25) is 0 Å². The van der Waals surface area contributed by atoms with Crippen LogP contribution in [0.4, 0.5) is 0 Å². The van der Waals surface area contributed by atoms with Gasteiger partial charge in [-0.2, -0.15) is 0 Å². The zero-order chi connectivity index (χ0) is 17.6. The molecule has 0 saturated carbocycles. The number of ether oxygens (including phenoxy) is 1. The molecule has 1 amide bonds. The van der Waals surface area contributed by atoms with E-state index in [9.17, 15) is 9.59 Å². The van der Waals surface area contributed by atoms with Crippen LogP contribution in [0.25, 0.3) is 5.69 Å². The highest BCUT2D eigenvalue weighted by molar-refractivity contribution is 5.92. The Hall–Kier alpha value is -3.28. The predicted octanol–water partition coefficient (Wildman–Crippen LogP) is 2.93. The third-order valence-corrected chi connectivity index (χ3v) is 3.65. The molecule has 0 saturated heterocycles. The van der Waals surface area contributed by atoms with E-state index in [0.29, 0.717) is 11.3 Å². The number of carbonyl (C=O) groups is 2. The van der Waals surface area contributed by atoms with E-state index in [2.05, 4.69) is 5.32 Å². The van der Waals surface area contributed by atoms with Crippen molar-refractivity contribution in [3.8, 4) is 5.69 Å². The molecule has 0 aliphatic rings. The molecular weight excluding hydrogens is 320 g/mol. The van der Waals surface area contributed by atoms with Gasteiger partial charge in [-0.25, -0.2) is 4.79 Å². The highest BCUT2D eigenvalue weighted by Crippen LogP contribution is 2.13. The Morgan fingerprint density at radius 2 is 1.96 bits per heavy atom. The molecule has 2 aromatic heterocycles. The van der Waals surface area contributed by atoms with Gasteiger partial charge >= 0.3 is 5.97 Å². The van der Waals surface area contributed by atoms with E-state index in [0.717, 1.165) is 5.69 Å². The number of furan rings is 1. The summed E-state index contributed by atoms with van der Waals surface area (Å²) in [6.45, 7) is 1.78. The number of carbonyl (C=O) groups excluding carboxylic acids is 2. The highest BCUT2D eigenvalue weighted by Gasteiger charge is 2.19. The first-order chi connectivity index (χ1) is 12.1. The largest absolute Gasteiger partial charge is 0.467 e. The molecule has 0 aliphatic heterocycles. The Kier molecular flexibility index (Phi) is 4.99. The number of benzene rings is 1. The molecule has 3 rings (SSSR count). The van der Waals surface area contributed by atoms with Crippen LogP contribution in [-0.2, 0) is 16.1 Å². The maximum Gasteiger partial charge on any atom is 0.338 e. The Morgan fingerprint density at radius 3 is 2.68 bits per heavy atom. The summed E-state index contributed by atoms with van der Waals surface area (Å²) in [7, 11) is 0. The number of amides is 1. The summed E-state index contributed by atoms with van der Waals surface area (Å²) >= 11 is 0. The Bertz CT molecular complexity index is 838. The van der Waals surface area contributed by atoms with Gasteiger partial charge in [0, 0.05) is 18.1 Å². The van der Waals surface area contributed by atoms with Crippen LogP contribution < -0.4 is 5.32 Å². The van der Waals surface area contributed by atoms with E-state index in [1.54, 1.807) is 30.3 Å². The molecule has 1 aromatic carbocycles. The number of hydrogen-bond donors (Lipinski definition) is 1. The molecule has 128 valence electrons. The predicted molar refractivity (Wildman–Crippen MR) is 91.2 cm³/mol. The van der Waals surface area contributed by atoms with E-state index in [1.807, 2.05) is 35.2 Å². The SMILES string of the molecule is CC(OC(=O)c1cccc(-n2cccc2)c1)C(=O)NCc1ccco1. The van der Waals surface area contributed by atoms with E-state index < -0.39 is 12.1 Å². The number of hydrogen-bond acceptors (Lipinski definition) is 4. The van der Waals surface area contributed by atoms with Gasteiger partial charge in [0.15, 0.2) is 6.10 Å². The van der Waals surface area contributed by atoms with Crippen LogP contribution in [0.3, 0.4) is 0 Å². The lowest BCUT2D eigenvalue weighted by molar-refractivity contribution is -0.129. The summed E-state index contributed by atoms with van der Waals surface area (Å²) in [4.78, 5) is 24.3. The molecule has 1 unspecified atom stereocenters. The maximum absolute atomic E-state index is 12.3. The topological polar surface area (TPSA) is 73.5 Å². The van der Waals surface area contributed by atoms with Gasteiger partial charge in [-0.1, -0.05) is 6.07 Å². The van der Waals surface area contributed by atoms with Gasteiger partial charge in [0.1, 0.15) is 5.76 Å². The summed E-state index contributed by atoms with van der Waals surface area (Å²) in [5.41, 5.74) is 1.23. The number of aromatic nitrogens is 1. The molecule has 0 bridgehead atoms. The van der Waals surface area contributed by atoms with E-state index in [4.69, 9.17) is 9.15 Å². The smallest absolute Gasteiger partial charge is 0.338 e. The second kappa shape index (κ2) is 7.53. The van der Waals surface area contributed by atoms with Crippen molar-refractivity contribution in [2.45, 2.75) is 19.6 Å². The van der Waals surface area contributed by atoms with Crippen LogP contribution in [0, 0.1) is 0 Å². The molecule has 0 spiro atoms. The number of nitrogens with zero attached hydrogens (tertiary/aromatic N) is 1. The van der Waals surface area contributed by atoms with E-state index >= 15 is 0 Å². The summed E-state index contributed by atoms with van der Waals surface area (Å²) in [5, 5.41) is 2.66.